The molecule has 308 valence electrons. The average Bonchev–Trinajstić information content (AvgIpc) is 3.12. The third kappa shape index (κ3) is 43.2. The van der Waals surface area contributed by atoms with Crippen molar-refractivity contribution in [1.82, 2.24) is 9.97 Å². The zero-order valence-electron chi connectivity index (χ0n) is 28.9. The van der Waals surface area contributed by atoms with E-state index >= 15 is 0 Å². The number of aliphatic hydroxyl groups excluding tert-OH is 2. The van der Waals surface area contributed by atoms with Gasteiger partial charge in [-0.15, -0.1) is 32.0 Å². The molecule has 0 spiro atoms. The summed E-state index contributed by atoms with van der Waals surface area (Å²) in [6.07, 6.45) is 12.1. The SMILES string of the molecule is CO.CO.NCCCN=Cc1ccccc1[O-].NCCCN=Cc1ccccc1[O-].[Cu+2].[Cu+2].[O-][Cl+3]([O-])([O-])[O-].[O-][Cl+3]([O-])([O-])[O-].c1cc(-c2ccncc2)ccn1. The summed E-state index contributed by atoms with van der Waals surface area (Å²) in [7, 11) is -7.89. The van der Waals surface area contributed by atoms with Crippen LogP contribution in [0.25, 0.3) is 11.1 Å². The van der Waals surface area contributed by atoms with Gasteiger partial charge in [0.1, 0.15) is 0 Å². The number of hydrogen-bond donors (Lipinski definition) is 4. The predicted molar refractivity (Wildman–Crippen MR) is 168 cm³/mol. The first-order valence-electron chi connectivity index (χ1n) is 14.5. The van der Waals surface area contributed by atoms with E-state index in [2.05, 4.69) is 20.0 Å². The van der Waals surface area contributed by atoms with E-state index in [1.807, 2.05) is 36.4 Å². The van der Waals surface area contributed by atoms with Gasteiger partial charge in [-0.3, -0.25) is 20.0 Å². The molecular weight excluding hydrogens is 858 g/mol. The van der Waals surface area contributed by atoms with E-state index in [9.17, 15) is 10.2 Å². The van der Waals surface area contributed by atoms with E-state index in [0.29, 0.717) is 37.3 Å². The fourth-order valence-corrected chi connectivity index (χ4v) is 2.95. The van der Waals surface area contributed by atoms with Crippen LogP contribution in [0, 0.1) is 20.5 Å². The minimum absolute atomic E-state index is 0. The van der Waals surface area contributed by atoms with Gasteiger partial charge in [0, 0.05) is 64.5 Å². The number of para-hydroxylation sites is 2. The van der Waals surface area contributed by atoms with Crippen molar-refractivity contribution in [2.24, 2.45) is 21.5 Å². The fourth-order valence-electron chi connectivity index (χ4n) is 2.95. The van der Waals surface area contributed by atoms with Crippen molar-refractivity contribution < 1.29 is 112 Å². The van der Waals surface area contributed by atoms with Crippen LogP contribution < -0.4 is 59.0 Å². The molecule has 4 aromatic rings. The number of pyridine rings is 2. The number of hydrogen-bond acceptors (Lipinski definition) is 18. The molecule has 0 amide bonds. The van der Waals surface area contributed by atoms with Crippen molar-refractivity contribution in [1.29, 1.82) is 0 Å². The van der Waals surface area contributed by atoms with E-state index in [-0.39, 0.29) is 45.6 Å². The van der Waals surface area contributed by atoms with Gasteiger partial charge in [-0.05, 0) is 72.5 Å². The quantitative estimate of drug-likeness (QED) is 0.0689. The van der Waals surface area contributed by atoms with Crippen molar-refractivity contribution in [3.63, 3.8) is 0 Å². The van der Waals surface area contributed by atoms with Gasteiger partial charge in [0.25, 0.3) is 0 Å². The predicted octanol–water partition coefficient (Wildman–Crippen LogP) is -7.10. The van der Waals surface area contributed by atoms with Crippen LogP contribution in [-0.4, -0.2) is 73.0 Å². The Morgan fingerprint density at radius 2 is 0.796 bits per heavy atom. The van der Waals surface area contributed by atoms with Crippen LogP contribution in [0.2, 0.25) is 0 Å². The number of aliphatic imine (C=N–C) groups is 2. The summed E-state index contributed by atoms with van der Waals surface area (Å²) in [6, 6.07) is 21.6. The molecule has 2 aromatic carbocycles. The van der Waals surface area contributed by atoms with Crippen LogP contribution in [0.15, 0.2) is 108 Å². The molecule has 0 saturated heterocycles. The molecule has 0 saturated carbocycles. The summed E-state index contributed by atoms with van der Waals surface area (Å²) in [5, 5.41) is 36.3. The molecule has 2 aromatic heterocycles. The molecular formula is C32H42Cl2Cu2N6O12. The van der Waals surface area contributed by atoms with Gasteiger partial charge in [-0.2, -0.15) is 0 Å². The zero-order valence-corrected chi connectivity index (χ0v) is 32.3. The minimum Gasteiger partial charge on any atom is -0.872 e. The summed E-state index contributed by atoms with van der Waals surface area (Å²) >= 11 is 0. The maximum atomic E-state index is 11.2. The molecule has 2 radical (unpaired) electrons. The first-order valence-corrected chi connectivity index (χ1v) is 17.0. The Kier molecular flexibility index (Phi) is 44.0. The first kappa shape index (κ1) is 60.1. The molecule has 0 unspecified atom stereocenters. The Labute approximate surface area is 339 Å². The van der Waals surface area contributed by atoms with Gasteiger partial charge in [-0.1, -0.05) is 48.5 Å². The van der Waals surface area contributed by atoms with Gasteiger partial charge >= 0.3 is 34.1 Å². The third-order valence-corrected chi connectivity index (χ3v) is 4.98. The standard InChI is InChI=1S/2C10H14N2O.C10H8N2.2CH4O.2ClHO4.2Cu/c2*11-6-3-7-12-8-9-4-1-2-5-10(9)13;1-5-11-6-2-9(1)10-3-7-12-8-4-10;2*1-2;2*2-1(3,4)5;;/h2*1-2,4-5,8,13H,3,6-7,11H2;1-8H;2*2H,1H3;2*(H,2,3,4,5);;/q;;;;;;;2*+2/p-4. The van der Waals surface area contributed by atoms with E-state index in [1.54, 1.807) is 61.5 Å². The number of nitrogens with zero attached hydrogens (tertiary/aromatic N) is 4. The van der Waals surface area contributed by atoms with Gasteiger partial charge in [0.05, 0.1) is 0 Å². The number of benzene rings is 2. The smallest absolute Gasteiger partial charge is 0.872 e. The first-order chi connectivity index (χ1) is 24.7. The second kappa shape index (κ2) is 39.5. The molecule has 0 fully saturated rings. The average molecular weight is 901 g/mol. The number of halogens is 2. The van der Waals surface area contributed by atoms with Crippen LogP contribution in [-0.2, 0) is 34.1 Å². The van der Waals surface area contributed by atoms with Crippen LogP contribution in [0.4, 0.5) is 0 Å². The van der Waals surface area contributed by atoms with E-state index < -0.39 is 20.5 Å². The Bertz CT molecular complexity index is 1330. The summed E-state index contributed by atoms with van der Waals surface area (Å²) < 4.78 is 67.9. The summed E-state index contributed by atoms with van der Waals surface area (Å²) in [6.45, 7) is 2.64. The third-order valence-electron chi connectivity index (χ3n) is 4.98. The molecule has 6 N–H and O–H groups in total. The van der Waals surface area contributed by atoms with Gasteiger partial charge in [0.15, 0.2) is 0 Å². The molecule has 0 aliphatic heterocycles. The van der Waals surface area contributed by atoms with Crippen LogP contribution in [0.3, 0.4) is 0 Å². The Morgan fingerprint density at radius 3 is 1.04 bits per heavy atom. The molecule has 22 heteroatoms. The second-order valence-corrected chi connectivity index (χ2v) is 10.2. The van der Waals surface area contributed by atoms with E-state index in [0.717, 1.165) is 27.1 Å². The van der Waals surface area contributed by atoms with Crippen LogP contribution in [0.1, 0.15) is 24.0 Å². The van der Waals surface area contributed by atoms with Crippen molar-refractivity contribution >= 4 is 12.4 Å². The van der Waals surface area contributed by atoms with Gasteiger partial charge in [-0.25, -0.2) is 37.3 Å². The molecule has 0 aliphatic rings. The van der Waals surface area contributed by atoms with Crippen LogP contribution in [0.5, 0.6) is 11.5 Å². The minimum atomic E-state index is -4.94. The Hall–Kier alpha value is -3.18. The van der Waals surface area contributed by atoms with Gasteiger partial charge < -0.3 is 31.9 Å². The normalized spacial score (nSPS) is 9.81. The van der Waals surface area contributed by atoms with Crippen molar-refractivity contribution in [3.8, 4) is 22.6 Å². The second-order valence-electron chi connectivity index (χ2n) is 8.66. The zero-order chi connectivity index (χ0) is 40.3. The number of aromatic nitrogens is 2. The molecule has 0 bridgehead atoms. The van der Waals surface area contributed by atoms with Crippen molar-refractivity contribution in [2.75, 3.05) is 40.4 Å². The number of aliphatic hydroxyl groups is 2. The molecule has 2 heterocycles. The fraction of sp³-hybridized carbons (Fsp3) is 0.250. The Morgan fingerprint density at radius 1 is 0.537 bits per heavy atom. The molecule has 4 rings (SSSR count). The maximum Gasteiger partial charge on any atom is 2.00 e. The van der Waals surface area contributed by atoms with Crippen LogP contribution >= 0.6 is 0 Å². The Balaban J connectivity index is -0.000000187. The molecule has 0 atom stereocenters. The van der Waals surface area contributed by atoms with E-state index in [4.69, 9.17) is 59.0 Å². The van der Waals surface area contributed by atoms with Crippen molar-refractivity contribution in [2.45, 2.75) is 12.8 Å². The monoisotopic (exact) mass is 898 g/mol. The molecule has 54 heavy (non-hydrogen) atoms. The van der Waals surface area contributed by atoms with Gasteiger partial charge in [0.2, 0.25) is 0 Å². The summed E-state index contributed by atoms with van der Waals surface area (Å²) in [5.41, 5.74) is 14.2. The molecule has 0 aliphatic carbocycles. The molecule has 18 nitrogen and oxygen atoms in total. The summed E-state index contributed by atoms with van der Waals surface area (Å²) in [4.78, 5) is 16.1. The van der Waals surface area contributed by atoms with E-state index in [1.165, 1.54) is 23.3 Å². The van der Waals surface area contributed by atoms with Crippen molar-refractivity contribution in [3.05, 3.63) is 109 Å². The number of nitrogens with two attached hydrogens (primary N) is 2. The topological polar surface area (TPSA) is 374 Å². The number of rotatable bonds is 9. The maximum absolute atomic E-state index is 11.2. The largest absolute Gasteiger partial charge is 2.00 e. The summed E-state index contributed by atoms with van der Waals surface area (Å²) in [5.74, 6) is 0.0259.